The molecule has 28 heavy (non-hydrogen) atoms. The maximum absolute atomic E-state index is 12.6. The Kier molecular flexibility index (Phi) is 5.26. The van der Waals surface area contributed by atoms with Crippen LogP contribution in [0.25, 0.3) is 0 Å². The molecule has 7 heteroatoms. The van der Waals surface area contributed by atoms with E-state index in [0.717, 1.165) is 37.1 Å². The van der Waals surface area contributed by atoms with Gasteiger partial charge in [0.15, 0.2) is 0 Å². The van der Waals surface area contributed by atoms with Gasteiger partial charge in [0.25, 0.3) is 5.91 Å². The summed E-state index contributed by atoms with van der Waals surface area (Å²) < 4.78 is 11.8. The zero-order valence-corrected chi connectivity index (χ0v) is 16.4. The molecule has 2 aliphatic heterocycles. The van der Waals surface area contributed by atoms with E-state index in [1.54, 1.807) is 24.8 Å². The lowest BCUT2D eigenvalue weighted by molar-refractivity contribution is -0.166. The molecule has 1 atom stereocenters. The molecule has 1 amide bonds. The Balaban J connectivity index is 1.27. The van der Waals surface area contributed by atoms with Gasteiger partial charge in [0, 0.05) is 25.2 Å². The van der Waals surface area contributed by atoms with Crippen molar-refractivity contribution in [3.8, 4) is 5.88 Å². The number of aryl methyl sites for hydroxylation is 2. The van der Waals surface area contributed by atoms with Crippen LogP contribution in [0.1, 0.15) is 40.9 Å². The lowest BCUT2D eigenvalue weighted by Gasteiger charge is -2.53. The summed E-state index contributed by atoms with van der Waals surface area (Å²) in [5.41, 5.74) is 2.30. The molecule has 1 unspecified atom stereocenters. The number of likely N-dealkylation sites (tertiary alicyclic amines) is 1. The van der Waals surface area contributed by atoms with Crippen LogP contribution in [0.2, 0.25) is 0 Å². The topological polar surface area (TPSA) is 77.4 Å². The molecule has 0 saturated carbocycles. The van der Waals surface area contributed by atoms with E-state index in [1.165, 1.54) is 0 Å². The molecular formula is C21H26N4O3. The summed E-state index contributed by atoms with van der Waals surface area (Å²) in [5.74, 6) is 1.15. The Morgan fingerprint density at radius 2 is 2.07 bits per heavy atom. The van der Waals surface area contributed by atoms with Gasteiger partial charge < -0.3 is 14.4 Å². The summed E-state index contributed by atoms with van der Waals surface area (Å²) in [6.45, 7) is 6.51. The molecule has 4 rings (SSSR count). The van der Waals surface area contributed by atoms with Crippen LogP contribution in [0.3, 0.4) is 0 Å². The van der Waals surface area contributed by atoms with E-state index >= 15 is 0 Å². The molecule has 0 bridgehead atoms. The van der Waals surface area contributed by atoms with Crippen LogP contribution in [0.4, 0.5) is 0 Å². The van der Waals surface area contributed by atoms with Gasteiger partial charge >= 0.3 is 0 Å². The normalized spacial score (nSPS) is 20.6. The third kappa shape index (κ3) is 4.14. The maximum Gasteiger partial charge on any atom is 0.255 e. The van der Waals surface area contributed by atoms with Gasteiger partial charge in [-0.2, -0.15) is 0 Å². The zero-order valence-electron chi connectivity index (χ0n) is 16.4. The molecule has 148 valence electrons. The molecule has 0 radical (unpaired) electrons. The van der Waals surface area contributed by atoms with E-state index in [0.29, 0.717) is 37.1 Å². The first-order valence-electron chi connectivity index (χ1n) is 9.79. The fourth-order valence-electron chi connectivity index (χ4n) is 4.08. The predicted molar refractivity (Wildman–Crippen MR) is 103 cm³/mol. The highest BCUT2D eigenvalue weighted by molar-refractivity contribution is 5.94. The van der Waals surface area contributed by atoms with Crippen molar-refractivity contribution in [1.82, 2.24) is 19.9 Å². The van der Waals surface area contributed by atoms with Gasteiger partial charge in [-0.3, -0.25) is 14.8 Å². The van der Waals surface area contributed by atoms with E-state index < -0.39 is 0 Å². The lowest BCUT2D eigenvalue weighted by Crippen LogP contribution is -2.66. The van der Waals surface area contributed by atoms with Crippen LogP contribution < -0.4 is 4.74 Å². The first-order chi connectivity index (χ1) is 13.5. The van der Waals surface area contributed by atoms with Crippen molar-refractivity contribution in [3.63, 3.8) is 0 Å². The number of amides is 1. The van der Waals surface area contributed by atoms with E-state index in [-0.39, 0.29) is 11.5 Å². The highest BCUT2D eigenvalue weighted by atomic mass is 16.5. The molecule has 2 aromatic heterocycles. The van der Waals surface area contributed by atoms with Crippen LogP contribution >= 0.6 is 0 Å². The predicted octanol–water partition coefficient (Wildman–Crippen LogP) is 2.58. The standard InChI is InChI=1S/C21H26N4O3/c1-15-7-18(11-22-9-15)20(26)25-13-21(14-25)8-17(4-6-28-21)3-5-27-19-12-23-10-16(2)24-19/h7,9-12,17H,3-6,8,13-14H2,1-2H3. The van der Waals surface area contributed by atoms with E-state index in [4.69, 9.17) is 9.47 Å². The second-order valence-corrected chi connectivity index (χ2v) is 7.94. The Bertz CT molecular complexity index is 851. The molecule has 0 aromatic carbocycles. The van der Waals surface area contributed by atoms with Crippen molar-refractivity contribution in [1.29, 1.82) is 0 Å². The van der Waals surface area contributed by atoms with Crippen molar-refractivity contribution in [3.05, 3.63) is 47.7 Å². The Hall–Kier alpha value is -2.54. The van der Waals surface area contributed by atoms with Gasteiger partial charge in [-0.25, -0.2) is 4.98 Å². The number of ether oxygens (including phenoxy) is 2. The monoisotopic (exact) mass is 382 g/mol. The average Bonchev–Trinajstić information content (AvgIpc) is 2.66. The van der Waals surface area contributed by atoms with Gasteiger partial charge in [0.05, 0.1) is 37.2 Å². The molecule has 4 heterocycles. The van der Waals surface area contributed by atoms with Crippen molar-refractivity contribution in [2.45, 2.75) is 38.7 Å². The number of hydrogen-bond acceptors (Lipinski definition) is 6. The highest BCUT2D eigenvalue weighted by Crippen LogP contribution is 2.38. The molecule has 2 aliphatic rings. The number of pyridine rings is 1. The van der Waals surface area contributed by atoms with E-state index in [9.17, 15) is 4.79 Å². The van der Waals surface area contributed by atoms with Gasteiger partial charge in [0.1, 0.15) is 5.60 Å². The number of hydrogen-bond donors (Lipinski definition) is 0. The Morgan fingerprint density at radius 3 is 2.86 bits per heavy atom. The van der Waals surface area contributed by atoms with E-state index in [1.807, 2.05) is 24.8 Å². The second-order valence-electron chi connectivity index (χ2n) is 7.94. The SMILES string of the molecule is Cc1cncc(C(=O)N2CC3(CC(CCOc4cncc(C)n4)CCO3)C2)c1. The minimum absolute atomic E-state index is 0.0360. The Morgan fingerprint density at radius 1 is 1.25 bits per heavy atom. The number of carbonyl (C=O) groups is 1. The van der Waals surface area contributed by atoms with Gasteiger partial charge in [-0.15, -0.1) is 0 Å². The first-order valence-corrected chi connectivity index (χ1v) is 9.79. The van der Waals surface area contributed by atoms with E-state index in [2.05, 4.69) is 15.0 Å². The minimum Gasteiger partial charge on any atom is -0.477 e. The summed E-state index contributed by atoms with van der Waals surface area (Å²) in [5, 5.41) is 0. The number of carbonyl (C=O) groups excluding carboxylic acids is 1. The molecule has 2 aromatic rings. The highest BCUT2D eigenvalue weighted by Gasteiger charge is 2.49. The fraction of sp³-hybridized carbons (Fsp3) is 0.524. The zero-order chi connectivity index (χ0) is 19.6. The molecule has 0 N–H and O–H groups in total. The first kappa shape index (κ1) is 18.8. The average molecular weight is 382 g/mol. The molecular weight excluding hydrogens is 356 g/mol. The van der Waals surface area contributed by atoms with Gasteiger partial charge in [0.2, 0.25) is 5.88 Å². The molecule has 1 spiro atoms. The van der Waals surface area contributed by atoms with Crippen molar-refractivity contribution in [2.75, 3.05) is 26.3 Å². The minimum atomic E-state index is -0.195. The quantitative estimate of drug-likeness (QED) is 0.791. The lowest BCUT2D eigenvalue weighted by atomic mass is 9.79. The van der Waals surface area contributed by atoms with Crippen LogP contribution in [-0.2, 0) is 4.74 Å². The third-order valence-corrected chi connectivity index (χ3v) is 5.47. The van der Waals surface area contributed by atoms with Crippen LogP contribution in [0.5, 0.6) is 5.88 Å². The van der Waals surface area contributed by atoms with Crippen molar-refractivity contribution in [2.24, 2.45) is 5.92 Å². The number of nitrogens with zero attached hydrogens (tertiary/aromatic N) is 4. The molecule has 2 fully saturated rings. The number of aromatic nitrogens is 3. The summed E-state index contributed by atoms with van der Waals surface area (Å²) in [6.07, 6.45) is 9.70. The van der Waals surface area contributed by atoms with Crippen LogP contribution in [0.15, 0.2) is 30.9 Å². The largest absolute Gasteiger partial charge is 0.477 e. The van der Waals surface area contributed by atoms with Gasteiger partial charge in [-0.05, 0) is 50.7 Å². The second kappa shape index (κ2) is 7.83. The summed E-state index contributed by atoms with van der Waals surface area (Å²) in [7, 11) is 0. The smallest absolute Gasteiger partial charge is 0.255 e. The van der Waals surface area contributed by atoms with Crippen LogP contribution in [-0.4, -0.2) is 57.7 Å². The van der Waals surface area contributed by atoms with Crippen LogP contribution in [0, 0.1) is 19.8 Å². The third-order valence-electron chi connectivity index (χ3n) is 5.47. The van der Waals surface area contributed by atoms with Crippen molar-refractivity contribution >= 4 is 5.91 Å². The molecule has 2 saturated heterocycles. The summed E-state index contributed by atoms with van der Waals surface area (Å²) >= 11 is 0. The van der Waals surface area contributed by atoms with Crippen molar-refractivity contribution < 1.29 is 14.3 Å². The maximum atomic E-state index is 12.6. The fourth-order valence-corrected chi connectivity index (χ4v) is 4.08. The Labute approximate surface area is 165 Å². The summed E-state index contributed by atoms with van der Waals surface area (Å²) in [6, 6.07) is 1.89. The molecule has 0 aliphatic carbocycles. The van der Waals surface area contributed by atoms with Gasteiger partial charge in [-0.1, -0.05) is 0 Å². The molecule has 7 nitrogen and oxygen atoms in total. The number of rotatable bonds is 5. The summed E-state index contributed by atoms with van der Waals surface area (Å²) in [4.78, 5) is 27.0.